The third-order valence-corrected chi connectivity index (χ3v) is 1.82. The Morgan fingerprint density at radius 2 is 0.706 bits per heavy atom. The predicted octanol–water partition coefficient (Wildman–Crippen LogP) is -5.68. The van der Waals surface area contributed by atoms with Crippen LogP contribution in [0.1, 0.15) is 13.8 Å². The van der Waals surface area contributed by atoms with Gasteiger partial charge >= 0.3 is 35.8 Å². The summed E-state index contributed by atoms with van der Waals surface area (Å²) in [5.41, 5.74) is 28.2. The normalized spacial score (nSPS) is 10.9. The van der Waals surface area contributed by atoms with Gasteiger partial charge in [-0.15, -0.1) is 0 Å². The van der Waals surface area contributed by atoms with Gasteiger partial charge in [-0.2, -0.15) is 0 Å². The van der Waals surface area contributed by atoms with Gasteiger partial charge in [-0.1, -0.05) is 0 Å². The minimum atomic E-state index is -1.18. The minimum absolute atomic E-state index is 0.278. The summed E-state index contributed by atoms with van der Waals surface area (Å²) in [5.74, 6) is -6.01. The molecule has 0 bridgehead atoms. The highest BCUT2D eigenvalue weighted by atomic mass is 16.4. The van der Waals surface area contributed by atoms with Crippen molar-refractivity contribution in [3.63, 3.8) is 0 Å². The Balaban J connectivity index is -0.0000000695. The molecule has 19 N–H and O–H groups in total. The fourth-order valence-electron chi connectivity index (χ4n) is 0.0781. The third-order valence-electron chi connectivity index (χ3n) is 1.82. The molecule has 0 amide bonds. The maximum absolute atomic E-state index is 9.65. The second kappa shape index (κ2) is 31.7. The zero-order valence-corrected chi connectivity index (χ0v) is 18.6. The highest BCUT2D eigenvalue weighted by Gasteiger charge is 2.07. The van der Waals surface area contributed by atoms with E-state index in [9.17, 15) is 28.8 Å². The molecular weight excluding hydrogens is 472 g/mol. The van der Waals surface area contributed by atoms with E-state index in [0.29, 0.717) is 0 Å². The smallest absolute Gasteiger partial charge is 0.322 e. The Labute approximate surface area is 193 Å². The number of carbonyl (C=O) groups is 6. The van der Waals surface area contributed by atoms with Gasteiger partial charge in [-0.3, -0.25) is 28.8 Å². The molecule has 19 heteroatoms. The van der Waals surface area contributed by atoms with Crippen LogP contribution in [-0.2, 0) is 28.8 Å². The van der Waals surface area contributed by atoms with E-state index in [4.69, 9.17) is 52.9 Å². The molecule has 0 radical (unpaired) electrons. The molecule has 0 aliphatic heterocycles. The van der Waals surface area contributed by atoms with Gasteiger partial charge in [0.05, 0.1) is 26.2 Å². The van der Waals surface area contributed by atoms with Crippen molar-refractivity contribution in [2.24, 2.45) is 34.4 Å². The number of aliphatic hydroxyl groups is 1. The molecule has 3 atom stereocenters. The van der Waals surface area contributed by atoms with Gasteiger partial charge in [0.25, 0.3) is 0 Å². The maximum Gasteiger partial charge on any atom is 0.322 e. The summed E-state index contributed by atoms with van der Waals surface area (Å²) in [5, 5.41) is 54.4. The highest BCUT2D eigenvalue weighted by Crippen LogP contribution is 1.71. The van der Waals surface area contributed by atoms with Gasteiger partial charge in [-0.05, 0) is 13.8 Å². The lowest BCUT2D eigenvalue weighted by molar-refractivity contribution is -0.140. The number of aliphatic carboxylic acids is 6. The average Bonchev–Trinajstić information content (AvgIpc) is 2.74. The lowest BCUT2D eigenvalue weighted by Gasteiger charge is -1.96. The number of nitrogens with two attached hydrogens (primary N) is 6. The zero-order valence-electron chi connectivity index (χ0n) is 18.6. The van der Waals surface area contributed by atoms with Crippen molar-refractivity contribution in [1.29, 1.82) is 0 Å². The number of hydrogen-bond acceptors (Lipinski definition) is 13. The quantitative estimate of drug-likeness (QED) is 0.152. The van der Waals surface area contributed by atoms with E-state index < -0.39 is 60.5 Å². The largest absolute Gasteiger partial charge is 0.480 e. The molecule has 0 aliphatic rings. The van der Waals surface area contributed by atoms with Gasteiger partial charge in [0, 0.05) is 0 Å². The molecule has 0 spiro atoms. The molecule has 0 unspecified atom stereocenters. The van der Waals surface area contributed by atoms with Crippen molar-refractivity contribution in [3.05, 3.63) is 0 Å². The summed E-state index contributed by atoms with van der Waals surface area (Å²) >= 11 is 0. The van der Waals surface area contributed by atoms with Crippen LogP contribution in [0.5, 0.6) is 0 Å². The Hall–Kier alpha value is -3.46. The van der Waals surface area contributed by atoms with Gasteiger partial charge in [0.2, 0.25) is 0 Å². The first-order valence-corrected chi connectivity index (χ1v) is 8.60. The fraction of sp³-hybridized carbons (Fsp3) is 0.600. The van der Waals surface area contributed by atoms with Gasteiger partial charge in [-0.25, -0.2) is 0 Å². The molecule has 0 fully saturated rings. The topological polar surface area (TPSA) is 400 Å². The van der Waals surface area contributed by atoms with Crippen molar-refractivity contribution in [1.82, 2.24) is 0 Å². The lowest BCUT2D eigenvalue weighted by atomic mass is 10.3. The van der Waals surface area contributed by atoms with Crippen molar-refractivity contribution in [3.8, 4) is 0 Å². The molecule has 0 heterocycles. The molecule has 0 aromatic heterocycles. The Bertz CT molecular complexity index is 522. The van der Waals surface area contributed by atoms with E-state index in [1.165, 1.54) is 13.8 Å². The molecular formula is C15H36N6O13. The van der Waals surface area contributed by atoms with Crippen molar-refractivity contribution >= 4 is 35.8 Å². The van der Waals surface area contributed by atoms with Crippen LogP contribution in [0.3, 0.4) is 0 Å². The molecule has 0 aliphatic carbocycles. The standard InChI is InChI=1S/C3H7NO3.2C3H7NO2.3C2H5NO2/c4-2(1-5)3(6)7;2*1-2(4)3(5)6;3*3-1-2(4)5/h2,5H,1,4H2,(H,6,7);2*2H,4H2,1H3,(H,5,6);3*1,3H2,(H,4,5)/t3*2-;;;/m000.../s1. The summed E-state index contributed by atoms with van der Waals surface area (Å²) in [6.07, 6.45) is 0. The first kappa shape index (κ1) is 44.3. The maximum atomic E-state index is 9.65. The van der Waals surface area contributed by atoms with Gasteiger partial charge in [0.15, 0.2) is 0 Å². The van der Waals surface area contributed by atoms with Crippen LogP contribution >= 0.6 is 0 Å². The number of hydrogen-bond donors (Lipinski definition) is 13. The Morgan fingerprint density at radius 3 is 0.706 bits per heavy atom. The zero-order chi connectivity index (χ0) is 29.0. The molecule has 0 saturated carbocycles. The Kier molecular flexibility index (Phi) is 41.3. The van der Waals surface area contributed by atoms with E-state index in [0.717, 1.165) is 0 Å². The van der Waals surface area contributed by atoms with Crippen molar-refractivity contribution in [2.45, 2.75) is 32.0 Å². The molecule has 0 rings (SSSR count). The molecule has 0 aromatic carbocycles. The summed E-state index contributed by atoms with van der Waals surface area (Å²) in [4.78, 5) is 56.5. The molecule has 34 heavy (non-hydrogen) atoms. The van der Waals surface area contributed by atoms with E-state index in [2.05, 4.69) is 17.2 Å². The van der Waals surface area contributed by atoms with E-state index in [1.54, 1.807) is 0 Å². The summed E-state index contributed by atoms with van der Waals surface area (Å²) in [7, 11) is 0. The van der Waals surface area contributed by atoms with Gasteiger partial charge in [0.1, 0.15) is 18.1 Å². The summed E-state index contributed by atoms with van der Waals surface area (Å²) < 4.78 is 0. The number of aliphatic hydroxyl groups excluding tert-OH is 1. The van der Waals surface area contributed by atoms with Crippen LogP contribution in [-0.4, -0.2) is 116 Å². The minimum Gasteiger partial charge on any atom is -0.480 e. The number of carboxylic acids is 6. The first-order valence-electron chi connectivity index (χ1n) is 8.60. The van der Waals surface area contributed by atoms with Crippen molar-refractivity contribution < 1.29 is 64.5 Å². The molecule has 19 nitrogen and oxygen atoms in total. The summed E-state index contributed by atoms with van der Waals surface area (Å²) in [6, 6.07) is -2.59. The van der Waals surface area contributed by atoms with Crippen LogP contribution < -0.4 is 34.4 Å². The highest BCUT2D eigenvalue weighted by molar-refractivity contribution is 5.73. The van der Waals surface area contributed by atoms with Crippen LogP contribution in [0.2, 0.25) is 0 Å². The molecule has 204 valence electrons. The predicted molar refractivity (Wildman–Crippen MR) is 115 cm³/mol. The average molecular weight is 508 g/mol. The van der Waals surface area contributed by atoms with Crippen LogP contribution in [0.4, 0.5) is 0 Å². The van der Waals surface area contributed by atoms with E-state index in [1.807, 2.05) is 0 Å². The van der Waals surface area contributed by atoms with Crippen molar-refractivity contribution in [2.75, 3.05) is 26.2 Å². The van der Waals surface area contributed by atoms with E-state index >= 15 is 0 Å². The SMILES string of the molecule is C[C@H](N)C(=O)O.C[C@H](N)C(=O)O.NCC(=O)O.NCC(=O)O.NCC(=O)O.N[C@@H](CO)C(=O)O. The number of rotatable bonds is 7. The third kappa shape index (κ3) is 79.1. The van der Waals surface area contributed by atoms with Crippen LogP contribution in [0.15, 0.2) is 0 Å². The molecule has 0 aromatic rings. The van der Waals surface area contributed by atoms with Crippen LogP contribution in [0.25, 0.3) is 0 Å². The summed E-state index contributed by atoms with van der Waals surface area (Å²) in [6.45, 7) is 1.50. The second-order valence-electron chi connectivity index (χ2n) is 5.17. The van der Waals surface area contributed by atoms with Gasteiger partial charge < -0.3 is 70.1 Å². The fourth-order valence-corrected chi connectivity index (χ4v) is 0.0781. The van der Waals surface area contributed by atoms with E-state index in [-0.39, 0.29) is 19.6 Å². The first-order chi connectivity index (χ1) is 15.3. The number of carboxylic acid groups (broad SMARTS) is 6. The molecule has 0 saturated heterocycles. The second-order valence-corrected chi connectivity index (χ2v) is 5.17. The monoisotopic (exact) mass is 508 g/mol. The lowest BCUT2D eigenvalue weighted by Crippen LogP contribution is -2.33. The Morgan fingerprint density at radius 1 is 0.559 bits per heavy atom. The van der Waals surface area contributed by atoms with Crippen LogP contribution in [0, 0.1) is 0 Å².